The van der Waals surface area contributed by atoms with E-state index < -0.39 is 0 Å². The molecule has 0 amide bonds. The molecule has 1 aliphatic carbocycles. The first-order valence-corrected chi connectivity index (χ1v) is 6.35. The van der Waals surface area contributed by atoms with Gasteiger partial charge in [0.1, 0.15) is 0 Å². The summed E-state index contributed by atoms with van der Waals surface area (Å²) in [6, 6.07) is 17.3. The third-order valence-corrected chi connectivity index (χ3v) is 3.55. The van der Waals surface area contributed by atoms with E-state index in [1.165, 1.54) is 22.3 Å². The molecule has 3 rings (SSSR count). The smallest absolute Gasteiger partial charge is 0.00676 e. The summed E-state index contributed by atoms with van der Waals surface area (Å²) in [6.07, 6.45) is 7.51. The van der Waals surface area contributed by atoms with Crippen molar-refractivity contribution in [1.29, 1.82) is 0 Å². The Balaban J connectivity index is 1.86. The van der Waals surface area contributed by atoms with Gasteiger partial charge in [0.05, 0.1) is 0 Å². The van der Waals surface area contributed by atoms with Gasteiger partial charge in [-0.3, -0.25) is 0 Å². The minimum absolute atomic E-state index is 0.515. The van der Waals surface area contributed by atoms with Crippen molar-refractivity contribution < 1.29 is 0 Å². The Hall–Kier alpha value is -2.08. The van der Waals surface area contributed by atoms with Crippen molar-refractivity contribution in [3.05, 3.63) is 83.4 Å². The molecule has 0 heteroatoms. The summed E-state index contributed by atoms with van der Waals surface area (Å²) in [4.78, 5) is 0. The van der Waals surface area contributed by atoms with Gasteiger partial charge in [-0.1, -0.05) is 73.3 Å². The van der Waals surface area contributed by atoms with Crippen molar-refractivity contribution in [3.63, 3.8) is 0 Å². The zero-order valence-corrected chi connectivity index (χ0v) is 10.3. The Kier molecular flexibility index (Phi) is 2.85. The van der Waals surface area contributed by atoms with Crippen LogP contribution in [0.4, 0.5) is 0 Å². The van der Waals surface area contributed by atoms with Crippen LogP contribution in [0, 0.1) is 0 Å². The van der Waals surface area contributed by atoms with Gasteiger partial charge in [-0.05, 0) is 28.7 Å². The Labute approximate surface area is 108 Å². The normalized spacial score (nSPS) is 16.6. The zero-order chi connectivity index (χ0) is 12.4. The van der Waals surface area contributed by atoms with Crippen LogP contribution in [0.25, 0.3) is 12.2 Å². The monoisotopic (exact) mass is 232 g/mol. The number of rotatable bonds is 3. The Bertz CT molecular complexity index is 605. The van der Waals surface area contributed by atoms with Gasteiger partial charge < -0.3 is 0 Å². The highest BCUT2D eigenvalue weighted by atomic mass is 14.2. The van der Waals surface area contributed by atoms with Crippen molar-refractivity contribution in [3.8, 4) is 0 Å². The van der Waals surface area contributed by atoms with Crippen molar-refractivity contribution in [2.45, 2.75) is 12.3 Å². The van der Waals surface area contributed by atoms with E-state index in [4.69, 9.17) is 0 Å². The fourth-order valence-corrected chi connectivity index (χ4v) is 2.60. The van der Waals surface area contributed by atoms with E-state index in [0.29, 0.717) is 5.92 Å². The number of hydrogen-bond acceptors (Lipinski definition) is 0. The molecule has 18 heavy (non-hydrogen) atoms. The summed E-state index contributed by atoms with van der Waals surface area (Å²) >= 11 is 0. The molecular formula is C18H16. The third-order valence-electron chi connectivity index (χ3n) is 3.55. The molecule has 0 saturated heterocycles. The van der Waals surface area contributed by atoms with E-state index in [9.17, 15) is 0 Å². The van der Waals surface area contributed by atoms with E-state index in [1.807, 2.05) is 6.08 Å². The summed E-state index contributed by atoms with van der Waals surface area (Å²) in [7, 11) is 0. The number of hydrogen-bond donors (Lipinski definition) is 0. The molecule has 2 aromatic rings. The van der Waals surface area contributed by atoms with Crippen LogP contribution in [-0.4, -0.2) is 0 Å². The second-order valence-corrected chi connectivity index (χ2v) is 4.75. The number of allylic oxidation sites excluding steroid dienone is 1. The summed E-state index contributed by atoms with van der Waals surface area (Å²) in [5.41, 5.74) is 5.38. The highest BCUT2D eigenvalue weighted by Gasteiger charge is 2.16. The molecule has 0 aliphatic heterocycles. The summed E-state index contributed by atoms with van der Waals surface area (Å²) in [6.45, 7) is 3.83. The Morgan fingerprint density at radius 1 is 1.06 bits per heavy atom. The lowest BCUT2D eigenvalue weighted by atomic mass is 9.93. The quantitative estimate of drug-likeness (QED) is 0.720. The fraction of sp³-hybridized carbons (Fsp3) is 0.111. The van der Waals surface area contributed by atoms with Crippen LogP contribution in [0.3, 0.4) is 0 Å². The average molecular weight is 232 g/mol. The van der Waals surface area contributed by atoms with Gasteiger partial charge in [-0.2, -0.15) is 0 Å². The highest BCUT2D eigenvalue weighted by molar-refractivity contribution is 5.62. The minimum Gasteiger partial charge on any atom is -0.0985 e. The van der Waals surface area contributed by atoms with E-state index >= 15 is 0 Å². The second-order valence-electron chi connectivity index (χ2n) is 4.75. The predicted molar refractivity (Wildman–Crippen MR) is 78.5 cm³/mol. The molecule has 0 spiro atoms. The van der Waals surface area contributed by atoms with E-state index in [0.717, 1.165) is 6.42 Å². The number of benzene rings is 2. The summed E-state index contributed by atoms with van der Waals surface area (Å²) in [5.74, 6) is 0.515. The van der Waals surface area contributed by atoms with Crippen molar-refractivity contribution in [1.82, 2.24) is 0 Å². The average Bonchev–Trinajstić information content (AvgIpc) is 2.83. The minimum atomic E-state index is 0.515. The summed E-state index contributed by atoms with van der Waals surface area (Å²) in [5, 5.41) is 0. The molecule has 0 N–H and O–H groups in total. The van der Waals surface area contributed by atoms with Crippen molar-refractivity contribution in [2.24, 2.45) is 0 Å². The van der Waals surface area contributed by atoms with Crippen LogP contribution in [0.1, 0.15) is 28.2 Å². The van der Waals surface area contributed by atoms with E-state index in [1.54, 1.807) is 0 Å². The third kappa shape index (κ3) is 2.02. The maximum Gasteiger partial charge on any atom is 0.00676 e. The topological polar surface area (TPSA) is 0 Å². The van der Waals surface area contributed by atoms with Crippen LogP contribution in [0.15, 0.2) is 61.2 Å². The van der Waals surface area contributed by atoms with Crippen LogP contribution < -0.4 is 0 Å². The van der Waals surface area contributed by atoms with Crippen molar-refractivity contribution in [2.75, 3.05) is 0 Å². The molecule has 0 aromatic heterocycles. The maximum atomic E-state index is 3.83. The summed E-state index contributed by atoms with van der Waals surface area (Å²) < 4.78 is 0. The van der Waals surface area contributed by atoms with Gasteiger partial charge >= 0.3 is 0 Å². The largest absolute Gasteiger partial charge is 0.0985 e. The lowest BCUT2D eigenvalue weighted by Crippen LogP contribution is -1.98. The zero-order valence-electron chi connectivity index (χ0n) is 10.3. The van der Waals surface area contributed by atoms with Gasteiger partial charge in [-0.25, -0.2) is 0 Å². The van der Waals surface area contributed by atoms with Gasteiger partial charge in [0.25, 0.3) is 0 Å². The highest BCUT2D eigenvalue weighted by Crippen LogP contribution is 2.32. The van der Waals surface area contributed by atoms with Gasteiger partial charge in [0, 0.05) is 5.92 Å². The maximum absolute atomic E-state index is 3.83. The van der Waals surface area contributed by atoms with E-state index in [-0.39, 0.29) is 0 Å². The molecule has 0 bridgehead atoms. The first-order chi connectivity index (χ1) is 8.86. The number of fused-ring (bicyclic) bond motifs is 1. The molecule has 1 aliphatic rings. The molecule has 2 aromatic carbocycles. The molecule has 1 atom stereocenters. The van der Waals surface area contributed by atoms with Gasteiger partial charge in [-0.15, -0.1) is 0 Å². The van der Waals surface area contributed by atoms with Crippen LogP contribution >= 0.6 is 0 Å². The van der Waals surface area contributed by atoms with Crippen LogP contribution in [-0.2, 0) is 6.42 Å². The molecule has 0 fully saturated rings. The molecule has 0 saturated carbocycles. The molecule has 0 radical (unpaired) electrons. The molecule has 0 heterocycles. The Morgan fingerprint density at radius 2 is 1.94 bits per heavy atom. The lowest BCUT2D eigenvalue weighted by Gasteiger charge is -2.11. The van der Waals surface area contributed by atoms with Crippen LogP contribution in [0.5, 0.6) is 0 Å². The molecule has 1 unspecified atom stereocenters. The first-order valence-electron chi connectivity index (χ1n) is 6.35. The van der Waals surface area contributed by atoms with Gasteiger partial charge in [0.15, 0.2) is 0 Å². The van der Waals surface area contributed by atoms with Crippen LogP contribution in [0.2, 0.25) is 0 Å². The standard InChI is InChI=1S/C18H16/c1-2-14-6-5-7-15(12-14)13-17-11-10-16-8-3-4-9-18(16)17/h2-12,17H,1,13H2. The predicted octanol–water partition coefficient (Wildman–Crippen LogP) is 4.68. The molecule has 88 valence electrons. The Morgan fingerprint density at radius 3 is 2.83 bits per heavy atom. The second kappa shape index (κ2) is 4.66. The van der Waals surface area contributed by atoms with Gasteiger partial charge in [0.2, 0.25) is 0 Å². The first kappa shape index (κ1) is 11.0. The molecular weight excluding hydrogens is 216 g/mol. The fourth-order valence-electron chi connectivity index (χ4n) is 2.60. The SMILES string of the molecule is C=Cc1cccc(CC2C=Cc3ccccc32)c1. The molecule has 0 nitrogen and oxygen atoms in total. The lowest BCUT2D eigenvalue weighted by molar-refractivity contribution is 0.850. The van der Waals surface area contributed by atoms with E-state index in [2.05, 4.69) is 67.3 Å². The van der Waals surface area contributed by atoms with Crippen molar-refractivity contribution >= 4 is 12.2 Å².